The van der Waals surface area contributed by atoms with Crippen LogP contribution in [0.4, 0.5) is 10.1 Å². The van der Waals surface area contributed by atoms with Crippen LogP contribution in [0.15, 0.2) is 54.6 Å². The topological polar surface area (TPSA) is 61.9 Å². The number of ether oxygens (including phenoxy) is 1. The number of amides is 2. The monoisotopic (exact) mass is 385 g/mol. The van der Waals surface area contributed by atoms with Crippen molar-refractivity contribution >= 4 is 17.5 Å². The summed E-state index contributed by atoms with van der Waals surface area (Å²) in [6, 6.07) is 15.6. The first-order valence-electron chi connectivity index (χ1n) is 9.34. The number of para-hydroxylation sites is 1. The van der Waals surface area contributed by atoms with E-state index in [0.29, 0.717) is 31.9 Å². The van der Waals surface area contributed by atoms with Gasteiger partial charge in [0.1, 0.15) is 11.6 Å². The Balaban J connectivity index is 1.34. The molecule has 2 aromatic carbocycles. The summed E-state index contributed by atoms with van der Waals surface area (Å²) in [5.41, 5.74) is 0.945. The Kier molecular flexibility index (Phi) is 6.84. The van der Waals surface area contributed by atoms with Gasteiger partial charge in [0.05, 0.1) is 19.6 Å². The van der Waals surface area contributed by atoms with Crippen LogP contribution in [0.2, 0.25) is 0 Å². The van der Waals surface area contributed by atoms with Gasteiger partial charge in [-0.3, -0.25) is 9.59 Å². The number of anilines is 1. The highest BCUT2D eigenvalue weighted by molar-refractivity contribution is 5.84. The van der Waals surface area contributed by atoms with E-state index in [1.165, 1.54) is 12.1 Å². The van der Waals surface area contributed by atoms with Crippen molar-refractivity contribution in [3.8, 4) is 5.75 Å². The van der Waals surface area contributed by atoms with E-state index >= 15 is 0 Å². The lowest BCUT2D eigenvalue weighted by molar-refractivity contribution is -0.133. The van der Waals surface area contributed by atoms with Gasteiger partial charge in [-0.1, -0.05) is 18.2 Å². The molecule has 0 unspecified atom stereocenters. The molecule has 0 spiro atoms. The predicted octanol–water partition coefficient (Wildman–Crippen LogP) is 2.06. The number of nitrogens with one attached hydrogen (secondary N) is 1. The van der Waals surface area contributed by atoms with Crippen LogP contribution in [-0.2, 0) is 9.59 Å². The smallest absolute Gasteiger partial charge is 0.242 e. The van der Waals surface area contributed by atoms with Crippen molar-refractivity contribution in [1.82, 2.24) is 10.2 Å². The molecule has 0 aromatic heterocycles. The predicted molar refractivity (Wildman–Crippen MR) is 105 cm³/mol. The number of carbonyl (C=O) groups excluding carboxylic acids is 2. The average Bonchev–Trinajstić information content (AvgIpc) is 2.73. The minimum atomic E-state index is -0.262. The Bertz CT molecular complexity index is 775. The minimum absolute atomic E-state index is 0.0132. The van der Waals surface area contributed by atoms with E-state index < -0.39 is 0 Å². The zero-order chi connectivity index (χ0) is 19.8. The van der Waals surface area contributed by atoms with Crippen molar-refractivity contribution in [2.75, 3.05) is 44.2 Å². The fraction of sp³-hybridized carbons (Fsp3) is 0.333. The molecule has 0 radical (unpaired) electrons. The third kappa shape index (κ3) is 5.70. The zero-order valence-corrected chi connectivity index (χ0v) is 15.6. The molecule has 2 amide bonds. The molecule has 0 aliphatic carbocycles. The van der Waals surface area contributed by atoms with Crippen LogP contribution >= 0.6 is 0 Å². The fourth-order valence-corrected chi connectivity index (χ4v) is 3.02. The Morgan fingerprint density at radius 2 is 1.64 bits per heavy atom. The molecule has 28 heavy (non-hydrogen) atoms. The summed E-state index contributed by atoms with van der Waals surface area (Å²) >= 11 is 0. The molecule has 0 bridgehead atoms. The Hall–Kier alpha value is -3.09. The van der Waals surface area contributed by atoms with Crippen LogP contribution < -0.4 is 15.0 Å². The van der Waals surface area contributed by atoms with E-state index in [9.17, 15) is 14.0 Å². The maximum absolute atomic E-state index is 13.0. The van der Waals surface area contributed by atoms with E-state index in [0.717, 1.165) is 5.69 Å². The molecule has 1 saturated heterocycles. The molecular formula is C21H24FN3O3. The highest BCUT2D eigenvalue weighted by atomic mass is 19.1. The van der Waals surface area contributed by atoms with Crippen LogP contribution in [0.1, 0.15) is 6.42 Å². The molecule has 1 fully saturated rings. The van der Waals surface area contributed by atoms with E-state index in [4.69, 9.17) is 4.74 Å². The molecule has 1 aliphatic heterocycles. The quantitative estimate of drug-likeness (QED) is 0.793. The largest absolute Gasteiger partial charge is 0.493 e. The van der Waals surface area contributed by atoms with Gasteiger partial charge in [-0.05, 0) is 36.4 Å². The van der Waals surface area contributed by atoms with Gasteiger partial charge in [0.25, 0.3) is 0 Å². The van der Waals surface area contributed by atoms with Crippen LogP contribution in [0.3, 0.4) is 0 Å². The third-order valence-corrected chi connectivity index (χ3v) is 4.60. The number of hydrogen-bond donors (Lipinski definition) is 1. The molecule has 2 aromatic rings. The van der Waals surface area contributed by atoms with Crippen molar-refractivity contribution < 1.29 is 18.7 Å². The van der Waals surface area contributed by atoms with Crippen molar-refractivity contribution in [3.63, 3.8) is 0 Å². The lowest BCUT2D eigenvalue weighted by Crippen LogP contribution is -2.51. The summed E-state index contributed by atoms with van der Waals surface area (Å²) in [5, 5.41) is 2.65. The molecule has 7 heteroatoms. The summed E-state index contributed by atoms with van der Waals surface area (Å²) in [7, 11) is 0. The second kappa shape index (κ2) is 9.73. The number of hydrogen-bond acceptors (Lipinski definition) is 4. The summed E-state index contributed by atoms with van der Waals surface area (Å²) in [4.78, 5) is 28.0. The second-order valence-corrected chi connectivity index (χ2v) is 6.53. The average molecular weight is 385 g/mol. The van der Waals surface area contributed by atoms with Gasteiger partial charge in [0.2, 0.25) is 11.8 Å². The number of carbonyl (C=O) groups is 2. The molecule has 0 saturated carbocycles. The first-order valence-corrected chi connectivity index (χ1v) is 9.34. The van der Waals surface area contributed by atoms with Crippen molar-refractivity contribution in [2.24, 2.45) is 0 Å². The van der Waals surface area contributed by atoms with Gasteiger partial charge in [-0.15, -0.1) is 0 Å². The van der Waals surface area contributed by atoms with Crippen molar-refractivity contribution in [1.29, 1.82) is 0 Å². The standard InChI is InChI=1S/C21H24FN3O3/c22-17-6-8-18(9-7-17)24-11-13-25(14-12-24)21(27)16-23-20(26)10-15-28-19-4-2-1-3-5-19/h1-9H,10-16H2,(H,23,26). The molecule has 3 rings (SSSR count). The number of piperazine rings is 1. The van der Waals surface area contributed by atoms with Gasteiger partial charge < -0.3 is 19.9 Å². The first kappa shape index (κ1) is 19.7. The van der Waals surface area contributed by atoms with Gasteiger partial charge in [0, 0.05) is 31.9 Å². The minimum Gasteiger partial charge on any atom is -0.493 e. The summed E-state index contributed by atoms with van der Waals surface area (Å²) in [6.45, 7) is 2.75. The molecule has 0 atom stereocenters. The van der Waals surface area contributed by atoms with E-state index in [2.05, 4.69) is 10.2 Å². The normalized spacial score (nSPS) is 13.9. The first-order chi connectivity index (χ1) is 13.6. The summed E-state index contributed by atoms with van der Waals surface area (Å²) in [6.07, 6.45) is 0.195. The van der Waals surface area contributed by atoms with Gasteiger partial charge in [0.15, 0.2) is 0 Å². The van der Waals surface area contributed by atoms with Crippen molar-refractivity contribution in [3.05, 3.63) is 60.4 Å². The second-order valence-electron chi connectivity index (χ2n) is 6.53. The molecule has 6 nitrogen and oxygen atoms in total. The fourth-order valence-electron chi connectivity index (χ4n) is 3.02. The van der Waals surface area contributed by atoms with Crippen LogP contribution in [0.5, 0.6) is 5.75 Å². The van der Waals surface area contributed by atoms with Crippen LogP contribution in [0.25, 0.3) is 0 Å². The lowest BCUT2D eigenvalue weighted by atomic mass is 10.2. The SMILES string of the molecule is O=C(CCOc1ccccc1)NCC(=O)N1CCN(c2ccc(F)cc2)CC1. The van der Waals surface area contributed by atoms with Gasteiger partial charge in [-0.2, -0.15) is 0 Å². The highest BCUT2D eigenvalue weighted by Gasteiger charge is 2.21. The summed E-state index contributed by atoms with van der Waals surface area (Å²) < 4.78 is 18.5. The van der Waals surface area contributed by atoms with Gasteiger partial charge in [-0.25, -0.2) is 4.39 Å². The molecular weight excluding hydrogens is 361 g/mol. The van der Waals surface area contributed by atoms with Crippen LogP contribution in [-0.4, -0.2) is 56.0 Å². The number of nitrogens with zero attached hydrogens (tertiary/aromatic N) is 2. The summed E-state index contributed by atoms with van der Waals surface area (Å²) in [5.74, 6) is 0.137. The number of benzene rings is 2. The molecule has 1 aliphatic rings. The Morgan fingerprint density at radius 1 is 0.964 bits per heavy atom. The van der Waals surface area contributed by atoms with E-state index in [1.54, 1.807) is 17.0 Å². The lowest BCUT2D eigenvalue weighted by Gasteiger charge is -2.36. The third-order valence-electron chi connectivity index (χ3n) is 4.60. The molecule has 1 N–H and O–H groups in total. The molecule has 148 valence electrons. The van der Waals surface area contributed by atoms with E-state index in [1.807, 2.05) is 30.3 Å². The van der Waals surface area contributed by atoms with E-state index in [-0.39, 0.29) is 37.2 Å². The number of halogens is 1. The number of rotatable bonds is 7. The maximum Gasteiger partial charge on any atom is 0.242 e. The molecule has 1 heterocycles. The Morgan fingerprint density at radius 3 is 2.32 bits per heavy atom. The Labute approximate surface area is 163 Å². The maximum atomic E-state index is 13.0. The van der Waals surface area contributed by atoms with Crippen molar-refractivity contribution in [2.45, 2.75) is 6.42 Å². The zero-order valence-electron chi connectivity index (χ0n) is 15.6. The van der Waals surface area contributed by atoms with Gasteiger partial charge >= 0.3 is 0 Å². The highest BCUT2D eigenvalue weighted by Crippen LogP contribution is 2.16. The van der Waals surface area contributed by atoms with Crippen LogP contribution in [0, 0.1) is 5.82 Å².